The van der Waals surface area contributed by atoms with E-state index in [-0.39, 0.29) is 25.7 Å². The van der Waals surface area contributed by atoms with Gasteiger partial charge in [-0.2, -0.15) is 0 Å². The summed E-state index contributed by atoms with van der Waals surface area (Å²) in [5.41, 5.74) is 0.497. The fourth-order valence-electron chi connectivity index (χ4n) is 2.87. The highest BCUT2D eigenvalue weighted by Gasteiger charge is 2.21. The van der Waals surface area contributed by atoms with Crippen LogP contribution >= 0.6 is 11.8 Å². The van der Waals surface area contributed by atoms with Gasteiger partial charge in [0.25, 0.3) is 0 Å². The molecule has 0 bridgehead atoms. The predicted molar refractivity (Wildman–Crippen MR) is 114 cm³/mol. The van der Waals surface area contributed by atoms with Crippen molar-refractivity contribution in [2.24, 2.45) is 0 Å². The molecule has 0 aliphatic carbocycles. The van der Waals surface area contributed by atoms with Gasteiger partial charge in [0.05, 0.1) is 11.9 Å². The second-order valence-electron chi connectivity index (χ2n) is 6.49. The largest absolute Gasteiger partial charge is 0.454 e. The van der Waals surface area contributed by atoms with Crippen LogP contribution in [-0.4, -0.2) is 46.2 Å². The fraction of sp³-hybridized carbons (Fsp3) is 0.350. The van der Waals surface area contributed by atoms with Gasteiger partial charge in [0.2, 0.25) is 22.7 Å². The number of amides is 1. The smallest absolute Gasteiger partial charge is 0.232 e. The normalized spacial score (nSPS) is 12.6. The quantitative estimate of drug-likeness (QED) is 0.455. The highest BCUT2D eigenvalue weighted by molar-refractivity contribution is 7.99. The number of benzene rings is 2. The van der Waals surface area contributed by atoms with Gasteiger partial charge >= 0.3 is 0 Å². The zero-order valence-corrected chi connectivity index (χ0v) is 17.8. The van der Waals surface area contributed by atoms with Crippen molar-refractivity contribution in [2.45, 2.75) is 17.7 Å². The Morgan fingerprint density at radius 1 is 1.14 bits per heavy atom. The van der Waals surface area contributed by atoms with Crippen molar-refractivity contribution in [2.75, 3.05) is 36.2 Å². The van der Waals surface area contributed by atoms with Gasteiger partial charge in [0.1, 0.15) is 0 Å². The maximum Gasteiger partial charge on any atom is 0.232 e. The number of rotatable bonds is 10. The van der Waals surface area contributed by atoms with Crippen LogP contribution in [-0.2, 0) is 14.8 Å². The molecule has 1 aliphatic heterocycles. The summed E-state index contributed by atoms with van der Waals surface area (Å²) in [4.78, 5) is 13.2. The number of ether oxygens (including phenoxy) is 2. The maximum atomic E-state index is 12.2. The Morgan fingerprint density at radius 2 is 1.90 bits per heavy atom. The summed E-state index contributed by atoms with van der Waals surface area (Å²) in [7, 11) is -3.48. The highest BCUT2D eigenvalue weighted by atomic mass is 32.2. The molecule has 0 fully saturated rings. The first kappa shape index (κ1) is 21.3. The lowest BCUT2D eigenvalue weighted by Crippen LogP contribution is -2.32. The minimum Gasteiger partial charge on any atom is -0.454 e. The number of hydrogen-bond donors (Lipinski definition) is 1. The molecule has 9 heteroatoms. The van der Waals surface area contributed by atoms with Crippen LogP contribution in [0.25, 0.3) is 0 Å². The van der Waals surface area contributed by atoms with Gasteiger partial charge in [-0.3, -0.25) is 9.10 Å². The van der Waals surface area contributed by atoms with Crippen LogP contribution in [0.4, 0.5) is 5.69 Å². The summed E-state index contributed by atoms with van der Waals surface area (Å²) >= 11 is 1.68. The molecule has 0 unspecified atom stereocenters. The molecule has 2 aromatic rings. The topological polar surface area (TPSA) is 84.9 Å². The number of nitrogens with one attached hydrogen (secondary N) is 1. The lowest BCUT2D eigenvalue weighted by molar-refractivity contribution is -0.121. The Bertz CT molecular complexity index is 935. The Kier molecular flexibility index (Phi) is 7.27. The van der Waals surface area contributed by atoms with Crippen LogP contribution < -0.4 is 19.1 Å². The standard InChI is InChI=1S/C20H24N2O5S2/c1-29(24,25)22(16-9-10-18-19(14-16)27-15-26-18)12-5-8-20(23)21-11-13-28-17-6-3-2-4-7-17/h2-4,6-7,9-10,14H,5,8,11-13,15H2,1H3,(H,21,23). The second kappa shape index (κ2) is 9.89. The van der Waals surface area contributed by atoms with Gasteiger partial charge in [-0.15, -0.1) is 11.8 Å². The first-order valence-corrected chi connectivity index (χ1v) is 12.1. The number of nitrogens with zero attached hydrogens (tertiary/aromatic N) is 1. The van der Waals surface area contributed by atoms with Crippen molar-refractivity contribution in [3.8, 4) is 11.5 Å². The van der Waals surface area contributed by atoms with Crippen LogP contribution in [0.3, 0.4) is 0 Å². The number of anilines is 1. The van der Waals surface area contributed by atoms with Crippen molar-refractivity contribution in [3.63, 3.8) is 0 Å². The third kappa shape index (κ3) is 6.30. The van der Waals surface area contributed by atoms with E-state index in [1.807, 2.05) is 30.3 Å². The number of fused-ring (bicyclic) bond motifs is 1. The Hall–Kier alpha value is -2.39. The fourth-order valence-corrected chi connectivity index (χ4v) is 4.62. The summed E-state index contributed by atoms with van der Waals surface area (Å²) in [6.45, 7) is 0.904. The van der Waals surface area contributed by atoms with Gasteiger partial charge in [-0.05, 0) is 30.7 Å². The average Bonchev–Trinajstić information content (AvgIpc) is 3.16. The minimum absolute atomic E-state index is 0.0854. The molecule has 156 valence electrons. The number of carbonyl (C=O) groups is 1. The van der Waals surface area contributed by atoms with Gasteiger partial charge in [0.15, 0.2) is 11.5 Å². The second-order valence-corrected chi connectivity index (χ2v) is 9.56. The first-order valence-electron chi connectivity index (χ1n) is 9.25. The summed E-state index contributed by atoms with van der Waals surface area (Å²) in [6, 6.07) is 15.0. The van der Waals surface area contributed by atoms with Crippen molar-refractivity contribution >= 4 is 33.4 Å². The molecule has 0 saturated heterocycles. The van der Waals surface area contributed by atoms with Crippen LogP contribution in [0.15, 0.2) is 53.4 Å². The van der Waals surface area contributed by atoms with Crippen molar-refractivity contribution in [3.05, 3.63) is 48.5 Å². The summed E-state index contributed by atoms with van der Waals surface area (Å²) < 4.78 is 36.3. The van der Waals surface area contributed by atoms with E-state index in [0.29, 0.717) is 30.2 Å². The number of sulfonamides is 1. The molecule has 1 aliphatic rings. The molecule has 29 heavy (non-hydrogen) atoms. The zero-order chi connectivity index (χ0) is 20.7. The van der Waals surface area contributed by atoms with Crippen molar-refractivity contribution in [1.29, 1.82) is 0 Å². The molecule has 1 amide bonds. The minimum atomic E-state index is -3.48. The molecular formula is C20H24N2O5S2. The van der Waals surface area contributed by atoms with E-state index in [2.05, 4.69) is 5.32 Å². The van der Waals surface area contributed by atoms with Crippen LogP contribution in [0.1, 0.15) is 12.8 Å². The van der Waals surface area contributed by atoms with E-state index in [1.54, 1.807) is 30.0 Å². The SMILES string of the molecule is CS(=O)(=O)N(CCCC(=O)NCCSc1ccccc1)c1ccc2c(c1)OCO2. The average molecular weight is 437 g/mol. The van der Waals surface area contributed by atoms with Crippen LogP contribution in [0.5, 0.6) is 11.5 Å². The predicted octanol–water partition coefficient (Wildman–Crippen LogP) is 2.87. The zero-order valence-electron chi connectivity index (χ0n) is 16.2. The molecule has 2 aromatic carbocycles. The van der Waals surface area contributed by atoms with E-state index < -0.39 is 10.0 Å². The molecule has 0 atom stereocenters. The summed E-state index contributed by atoms with van der Waals surface area (Å²) in [5, 5.41) is 2.87. The Balaban J connectivity index is 1.44. The molecule has 1 heterocycles. The lowest BCUT2D eigenvalue weighted by Gasteiger charge is -2.22. The molecule has 1 N–H and O–H groups in total. The monoisotopic (exact) mass is 436 g/mol. The number of hydrogen-bond acceptors (Lipinski definition) is 6. The summed E-state index contributed by atoms with van der Waals surface area (Å²) in [6.07, 6.45) is 1.82. The van der Waals surface area contributed by atoms with Crippen LogP contribution in [0, 0.1) is 0 Å². The molecule has 0 saturated carbocycles. The van der Waals surface area contributed by atoms with Gasteiger partial charge in [-0.1, -0.05) is 18.2 Å². The third-order valence-corrected chi connectivity index (χ3v) is 6.45. The highest BCUT2D eigenvalue weighted by Crippen LogP contribution is 2.36. The first-order chi connectivity index (χ1) is 13.9. The van der Waals surface area contributed by atoms with Crippen LogP contribution in [0.2, 0.25) is 0 Å². The van der Waals surface area contributed by atoms with E-state index in [9.17, 15) is 13.2 Å². The molecule has 0 radical (unpaired) electrons. The number of thioether (sulfide) groups is 1. The van der Waals surface area contributed by atoms with E-state index in [0.717, 1.165) is 16.9 Å². The van der Waals surface area contributed by atoms with E-state index in [1.165, 1.54) is 4.31 Å². The number of carbonyl (C=O) groups excluding carboxylic acids is 1. The Labute approximate surface area is 175 Å². The molecule has 0 spiro atoms. The third-order valence-electron chi connectivity index (χ3n) is 4.25. The lowest BCUT2D eigenvalue weighted by atomic mass is 10.2. The molecular weight excluding hydrogens is 412 g/mol. The van der Waals surface area contributed by atoms with E-state index in [4.69, 9.17) is 9.47 Å². The summed E-state index contributed by atoms with van der Waals surface area (Å²) in [5.74, 6) is 1.81. The molecule has 3 rings (SSSR count). The van der Waals surface area contributed by atoms with Gasteiger partial charge in [-0.25, -0.2) is 8.42 Å². The molecule has 0 aromatic heterocycles. The Morgan fingerprint density at radius 3 is 2.66 bits per heavy atom. The van der Waals surface area contributed by atoms with E-state index >= 15 is 0 Å². The van der Waals surface area contributed by atoms with Crippen molar-refractivity contribution in [1.82, 2.24) is 5.32 Å². The van der Waals surface area contributed by atoms with Gasteiger partial charge in [0, 0.05) is 36.2 Å². The van der Waals surface area contributed by atoms with Gasteiger partial charge < -0.3 is 14.8 Å². The van der Waals surface area contributed by atoms with Crippen molar-refractivity contribution < 1.29 is 22.7 Å². The molecule has 7 nitrogen and oxygen atoms in total. The maximum absolute atomic E-state index is 12.2.